The van der Waals surface area contributed by atoms with E-state index in [1.165, 1.54) is 4.90 Å². The molecular formula is C14H22F3NO3. The van der Waals surface area contributed by atoms with Gasteiger partial charge in [-0.1, -0.05) is 0 Å². The van der Waals surface area contributed by atoms with Gasteiger partial charge in [0.05, 0.1) is 12.3 Å². The van der Waals surface area contributed by atoms with Crippen molar-refractivity contribution in [2.75, 3.05) is 13.1 Å². The molecule has 1 saturated heterocycles. The highest BCUT2D eigenvalue weighted by Gasteiger charge is 2.42. The van der Waals surface area contributed by atoms with Crippen LogP contribution in [-0.2, 0) is 14.3 Å². The average Bonchev–Trinajstić information content (AvgIpc) is 2.33. The van der Waals surface area contributed by atoms with E-state index in [2.05, 4.69) is 0 Å². The van der Waals surface area contributed by atoms with Crippen molar-refractivity contribution in [3.05, 3.63) is 0 Å². The fraction of sp³-hybridized carbons (Fsp3) is 0.857. The number of halogens is 3. The molecule has 7 heteroatoms. The van der Waals surface area contributed by atoms with E-state index >= 15 is 0 Å². The summed E-state index contributed by atoms with van der Waals surface area (Å²) in [5, 5.41) is 0. The van der Waals surface area contributed by atoms with Gasteiger partial charge in [-0.25, -0.2) is 0 Å². The minimum Gasteiger partial charge on any atom is -0.460 e. The molecule has 1 aliphatic heterocycles. The average molecular weight is 309 g/mol. The minimum absolute atomic E-state index is 0.0549. The van der Waals surface area contributed by atoms with E-state index in [4.69, 9.17) is 4.74 Å². The molecule has 1 fully saturated rings. The maximum absolute atomic E-state index is 12.7. The zero-order chi connectivity index (χ0) is 16.3. The molecule has 0 bridgehead atoms. The molecule has 0 aromatic rings. The number of carbonyl (C=O) groups is 2. The topological polar surface area (TPSA) is 46.6 Å². The van der Waals surface area contributed by atoms with Crippen LogP contribution >= 0.6 is 0 Å². The number of hydrogen-bond acceptors (Lipinski definition) is 3. The molecule has 0 aromatic carbocycles. The lowest BCUT2D eigenvalue weighted by Crippen LogP contribution is -2.44. The Morgan fingerprint density at radius 2 is 1.81 bits per heavy atom. The first kappa shape index (κ1) is 17.8. The molecule has 1 atom stereocenters. The molecule has 0 aliphatic carbocycles. The van der Waals surface area contributed by atoms with Crippen LogP contribution in [-0.4, -0.2) is 41.6 Å². The van der Waals surface area contributed by atoms with Gasteiger partial charge in [-0.05, 0) is 33.6 Å². The highest BCUT2D eigenvalue weighted by Crippen LogP contribution is 2.33. The van der Waals surface area contributed by atoms with E-state index in [-0.39, 0.29) is 25.8 Å². The number of amides is 1. The molecular weight excluding hydrogens is 287 g/mol. The van der Waals surface area contributed by atoms with Crippen LogP contribution in [0.5, 0.6) is 0 Å². The van der Waals surface area contributed by atoms with Gasteiger partial charge < -0.3 is 9.64 Å². The van der Waals surface area contributed by atoms with Crippen molar-refractivity contribution in [1.29, 1.82) is 0 Å². The van der Waals surface area contributed by atoms with E-state index < -0.39 is 29.6 Å². The number of carbonyl (C=O) groups excluding carboxylic acids is 2. The molecule has 1 unspecified atom stereocenters. The first-order valence-electron chi connectivity index (χ1n) is 7.05. The van der Waals surface area contributed by atoms with E-state index in [1.807, 2.05) is 0 Å². The Labute approximate surface area is 122 Å². The monoisotopic (exact) mass is 309 g/mol. The third-order valence-corrected chi connectivity index (χ3v) is 3.20. The van der Waals surface area contributed by atoms with Gasteiger partial charge in [0.15, 0.2) is 0 Å². The molecule has 0 spiro atoms. The molecule has 1 rings (SSSR count). The van der Waals surface area contributed by atoms with Crippen molar-refractivity contribution in [1.82, 2.24) is 4.90 Å². The van der Waals surface area contributed by atoms with Crippen LogP contribution in [0.2, 0.25) is 0 Å². The van der Waals surface area contributed by atoms with E-state index in [0.29, 0.717) is 13.0 Å². The van der Waals surface area contributed by atoms with Crippen LogP contribution in [0.15, 0.2) is 0 Å². The summed E-state index contributed by atoms with van der Waals surface area (Å²) in [5.41, 5.74) is -0.632. The normalized spacial score (nSPS) is 20.3. The van der Waals surface area contributed by atoms with Crippen molar-refractivity contribution in [2.24, 2.45) is 5.92 Å². The highest BCUT2D eigenvalue weighted by atomic mass is 19.4. The van der Waals surface area contributed by atoms with Gasteiger partial charge in [0.2, 0.25) is 5.91 Å². The number of ether oxygens (including phenoxy) is 1. The molecule has 21 heavy (non-hydrogen) atoms. The third-order valence-electron chi connectivity index (χ3n) is 3.20. The summed E-state index contributed by atoms with van der Waals surface area (Å²) < 4.78 is 43.1. The highest BCUT2D eigenvalue weighted by molar-refractivity contribution is 5.81. The second-order valence-corrected chi connectivity index (χ2v) is 6.31. The number of piperidine rings is 1. The molecule has 4 nitrogen and oxygen atoms in total. The Hall–Kier alpha value is -1.27. The smallest absolute Gasteiger partial charge is 0.393 e. The van der Waals surface area contributed by atoms with Crippen molar-refractivity contribution >= 4 is 11.9 Å². The Morgan fingerprint density at radius 1 is 1.19 bits per heavy atom. The summed E-state index contributed by atoms with van der Waals surface area (Å²) in [4.78, 5) is 24.6. The van der Waals surface area contributed by atoms with Crippen molar-refractivity contribution in [2.45, 2.75) is 58.2 Å². The van der Waals surface area contributed by atoms with Crippen LogP contribution in [0.1, 0.15) is 46.5 Å². The number of hydrogen-bond donors (Lipinski definition) is 0. The Balaban J connectivity index is 2.43. The maximum Gasteiger partial charge on any atom is 0.393 e. The predicted octanol–water partition coefficient (Wildman–Crippen LogP) is 2.91. The first-order valence-corrected chi connectivity index (χ1v) is 7.05. The summed E-state index contributed by atoms with van der Waals surface area (Å²) in [6.45, 7) is 5.15. The van der Waals surface area contributed by atoms with Crippen LogP contribution in [0, 0.1) is 5.92 Å². The fourth-order valence-electron chi connectivity index (χ4n) is 2.23. The lowest BCUT2D eigenvalue weighted by atomic mass is 9.97. The second kappa shape index (κ2) is 6.66. The van der Waals surface area contributed by atoms with E-state index in [9.17, 15) is 22.8 Å². The second-order valence-electron chi connectivity index (χ2n) is 6.31. The molecule has 1 amide bonds. The summed E-state index contributed by atoms with van der Waals surface area (Å²) in [7, 11) is 0. The SMILES string of the molecule is CC(C)(C)OC(=O)CCC(=O)N1CCCC(C(F)(F)F)C1. The first-order chi connectivity index (χ1) is 9.49. The number of esters is 1. The van der Waals surface area contributed by atoms with Gasteiger partial charge in [-0.2, -0.15) is 13.2 Å². The molecule has 0 saturated carbocycles. The summed E-state index contributed by atoms with van der Waals surface area (Å²) in [5.74, 6) is -2.40. The third kappa shape index (κ3) is 6.35. The lowest BCUT2D eigenvalue weighted by molar-refractivity contribution is -0.188. The molecule has 122 valence electrons. The van der Waals surface area contributed by atoms with Crippen LogP contribution < -0.4 is 0 Å². The molecule has 1 aliphatic rings. The van der Waals surface area contributed by atoms with E-state index in [0.717, 1.165) is 0 Å². The number of rotatable bonds is 3. The van der Waals surface area contributed by atoms with Gasteiger partial charge in [0.1, 0.15) is 5.60 Å². The fourth-order valence-corrected chi connectivity index (χ4v) is 2.23. The quantitative estimate of drug-likeness (QED) is 0.753. The van der Waals surface area contributed by atoms with Gasteiger partial charge in [-0.3, -0.25) is 9.59 Å². The van der Waals surface area contributed by atoms with Crippen molar-refractivity contribution < 1.29 is 27.5 Å². The predicted molar refractivity (Wildman–Crippen MR) is 70.4 cm³/mol. The van der Waals surface area contributed by atoms with E-state index in [1.54, 1.807) is 20.8 Å². The molecule has 1 heterocycles. The Bertz CT molecular complexity index is 388. The zero-order valence-electron chi connectivity index (χ0n) is 12.6. The Kier molecular flexibility index (Phi) is 5.64. The van der Waals surface area contributed by atoms with Gasteiger partial charge in [-0.15, -0.1) is 0 Å². The molecule has 0 aromatic heterocycles. The standard InChI is InChI=1S/C14H22F3NO3/c1-13(2,3)21-12(20)7-6-11(19)18-8-4-5-10(9-18)14(15,16)17/h10H,4-9H2,1-3H3. The number of alkyl halides is 3. The summed E-state index contributed by atoms with van der Waals surface area (Å²) >= 11 is 0. The maximum atomic E-state index is 12.7. The number of likely N-dealkylation sites (tertiary alicyclic amines) is 1. The molecule has 0 radical (unpaired) electrons. The minimum atomic E-state index is -4.27. The van der Waals surface area contributed by atoms with Crippen LogP contribution in [0.25, 0.3) is 0 Å². The van der Waals surface area contributed by atoms with Crippen LogP contribution in [0.4, 0.5) is 13.2 Å². The summed E-state index contributed by atoms with van der Waals surface area (Å²) in [6.07, 6.45) is -4.10. The largest absolute Gasteiger partial charge is 0.460 e. The molecule has 0 N–H and O–H groups in total. The van der Waals surface area contributed by atoms with Gasteiger partial charge in [0.25, 0.3) is 0 Å². The number of nitrogens with zero attached hydrogens (tertiary/aromatic N) is 1. The van der Waals surface area contributed by atoms with Gasteiger partial charge >= 0.3 is 12.1 Å². The van der Waals surface area contributed by atoms with Crippen molar-refractivity contribution in [3.8, 4) is 0 Å². The zero-order valence-corrected chi connectivity index (χ0v) is 12.6. The lowest BCUT2D eigenvalue weighted by Gasteiger charge is -2.33. The van der Waals surface area contributed by atoms with Gasteiger partial charge in [0, 0.05) is 19.5 Å². The summed E-state index contributed by atoms with van der Waals surface area (Å²) in [6, 6.07) is 0. The van der Waals surface area contributed by atoms with Crippen LogP contribution in [0.3, 0.4) is 0 Å². The Morgan fingerprint density at radius 3 is 2.33 bits per heavy atom. The van der Waals surface area contributed by atoms with Crippen molar-refractivity contribution in [3.63, 3.8) is 0 Å².